The van der Waals surface area contributed by atoms with Crippen LogP contribution in [0.25, 0.3) is 0 Å². The van der Waals surface area contributed by atoms with E-state index in [2.05, 4.69) is 10.3 Å². The molecule has 0 spiro atoms. The number of aromatic nitrogens is 1. The second kappa shape index (κ2) is 4.78. The van der Waals surface area contributed by atoms with Crippen LogP contribution in [0.2, 0.25) is 0 Å². The highest BCUT2D eigenvalue weighted by atomic mass is 19.1. The Hall–Kier alpha value is -2.17. The molecule has 0 bridgehead atoms. The van der Waals surface area contributed by atoms with E-state index in [1.165, 1.54) is 6.07 Å². The van der Waals surface area contributed by atoms with E-state index in [-0.39, 0.29) is 12.1 Å². The van der Waals surface area contributed by atoms with Crippen molar-refractivity contribution in [1.29, 1.82) is 0 Å². The normalized spacial score (nSPS) is 10.2. The quantitative estimate of drug-likeness (QED) is 0.861. The predicted molar refractivity (Wildman–Crippen MR) is 59.6 cm³/mol. The van der Waals surface area contributed by atoms with Crippen LogP contribution in [0.3, 0.4) is 0 Å². The molecular weight excluding hydrogens is 226 g/mol. The fraction of sp³-hybridized carbons (Fsp3) is 0.0833. The standard InChI is InChI=1S/C12H10F2N2O/c13-9-5-4-8(11(14)12(9)17)7-16-10-3-1-2-6-15-10/h1-6,17H,7H2,(H,15,16). The van der Waals surface area contributed by atoms with Crippen LogP contribution in [-0.2, 0) is 6.54 Å². The van der Waals surface area contributed by atoms with E-state index in [1.807, 2.05) is 0 Å². The van der Waals surface area contributed by atoms with Crippen molar-refractivity contribution in [3.63, 3.8) is 0 Å². The van der Waals surface area contributed by atoms with Crippen molar-refractivity contribution >= 4 is 5.82 Å². The van der Waals surface area contributed by atoms with Crippen LogP contribution in [0.1, 0.15) is 5.56 Å². The van der Waals surface area contributed by atoms with Gasteiger partial charge in [0, 0.05) is 18.3 Å². The fourth-order valence-electron chi connectivity index (χ4n) is 1.37. The Balaban J connectivity index is 2.13. The van der Waals surface area contributed by atoms with E-state index >= 15 is 0 Å². The van der Waals surface area contributed by atoms with Gasteiger partial charge in [0.1, 0.15) is 5.82 Å². The summed E-state index contributed by atoms with van der Waals surface area (Å²) in [5, 5.41) is 12.0. The summed E-state index contributed by atoms with van der Waals surface area (Å²) in [4.78, 5) is 3.99. The average molecular weight is 236 g/mol. The van der Waals surface area contributed by atoms with Gasteiger partial charge in [-0.15, -0.1) is 0 Å². The summed E-state index contributed by atoms with van der Waals surface area (Å²) in [6.07, 6.45) is 1.60. The molecule has 0 aliphatic heterocycles. The number of aromatic hydroxyl groups is 1. The van der Waals surface area contributed by atoms with E-state index in [4.69, 9.17) is 5.11 Å². The van der Waals surface area contributed by atoms with Gasteiger partial charge in [0.15, 0.2) is 17.4 Å². The third kappa shape index (κ3) is 2.50. The van der Waals surface area contributed by atoms with Crippen molar-refractivity contribution in [1.82, 2.24) is 4.98 Å². The summed E-state index contributed by atoms with van der Waals surface area (Å²) in [6, 6.07) is 7.57. The molecule has 2 aromatic rings. The number of rotatable bonds is 3. The summed E-state index contributed by atoms with van der Waals surface area (Å²) < 4.78 is 26.2. The van der Waals surface area contributed by atoms with Crippen molar-refractivity contribution < 1.29 is 13.9 Å². The Morgan fingerprint density at radius 1 is 1.18 bits per heavy atom. The molecule has 0 atom stereocenters. The lowest BCUT2D eigenvalue weighted by Gasteiger charge is -2.07. The van der Waals surface area contributed by atoms with Gasteiger partial charge in [-0.05, 0) is 18.2 Å². The van der Waals surface area contributed by atoms with E-state index in [1.54, 1.807) is 24.4 Å². The van der Waals surface area contributed by atoms with Crippen LogP contribution < -0.4 is 5.32 Å². The number of benzene rings is 1. The number of phenols is 1. The van der Waals surface area contributed by atoms with E-state index in [0.29, 0.717) is 5.82 Å². The number of phenolic OH excluding ortho intramolecular Hbond substituents is 1. The summed E-state index contributed by atoms with van der Waals surface area (Å²) in [6.45, 7) is 0.122. The molecule has 1 heterocycles. The van der Waals surface area contributed by atoms with Gasteiger partial charge in [-0.25, -0.2) is 13.8 Å². The molecule has 3 nitrogen and oxygen atoms in total. The Morgan fingerprint density at radius 3 is 2.71 bits per heavy atom. The maximum atomic E-state index is 13.4. The molecular formula is C12H10F2N2O. The smallest absolute Gasteiger partial charge is 0.188 e. The van der Waals surface area contributed by atoms with Crippen molar-refractivity contribution in [3.8, 4) is 5.75 Å². The largest absolute Gasteiger partial charge is 0.503 e. The number of nitrogens with one attached hydrogen (secondary N) is 1. The maximum absolute atomic E-state index is 13.4. The highest BCUT2D eigenvalue weighted by molar-refractivity contribution is 5.37. The number of hydrogen-bond acceptors (Lipinski definition) is 3. The summed E-state index contributed by atoms with van der Waals surface area (Å²) in [5.41, 5.74) is 0.176. The zero-order valence-electron chi connectivity index (χ0n) is 8.82. The lowest BCUT2D eigenvalue weighted by molar-refractivity contribution is 0.393. The Morgan fingerprint density at radius 2 is 2.00 bits per heavy atom. The monoisotopic (exact) mass is 236 g/mol. The molecule has 0 saturated carbocycles. The third-order valence-electron chi connectivity index (χ3n) is 2.27. The molecule has 1 aromatic heterocycles. The zero-order valence-corrected chi connectivity index (χ0v) is 8.82. The summed E-state index contributed by atoms with van der Waals surface area (Å²) >= 11 is 0. The van der Waals surface area contributed by atoms with Gasteiger partial charge in [-0.1, -0.05) is 12.1 Å². The second-order valence-electron chi connectivity index (χ2n) is 3.44. The highest BCUT2D eigenvalue weighted by Crippen LogP contribution is 2.23. The van der Waals surface area contributed by atoms with Crippen molar-refractivity contribution in [2.75, 3.05) is 5.32 Å². The zero-order chi connectivity index (χ0) is 12.3. The first-order valence-corrected chi connectivity index (χ1v) is 4.99. The second-order valence-corrected chi connectivity index (χ2v) is 3.44. The Kier molecular flexibility index (Phi) is 3.18. The summed E-state index contributed by atoms with van der Waals surface area (Å²) in [5.74, 6) is -2.29. The van der Waals surface area contributed by atoms with Crippen LogP contribution in [0.15, 0.2) is 36.5 Å². The SMILES string of the molecule is Oc1c(F)ccc(CNc2ccccn2)c1F. The molecule has 0 saturated heterocycles. The molecule has 0 aliphatic rings. The number of hydrogen-bond donors (Lipinski definition) is 2. The first kappa shape index (κ1) is 11.3. The Labute approximate surface area is 96.7 Å². The Bertz CT molecular complexity index is 517. The van der Waals surface area contributed by atoms with Gasteiger partial charge in [0.25, 0.3) is 0 Å². The maximum Gasteiger partial charge on any atom is 0.188 e. The highest BCUT2D eigenvalue weighted by Gasteiger charge is 2.11. The molecule has 5 heteroatoms. The topological polar surface area (TPSA) is 45.1 Å². The van der Waals surface area contributed by atoms with Crippen LogP contribution >= 0.6 is 0 Å². The molecule has 2 rings (SSSR count). The van der Waals surface area contributed by atoms with Crippen LogP contribution in [-0.4, -0.2) is 10.1 Å². The van der Waals surface area contributed by atoms with E-state index in [9.17, 15) is 8.78 Å². The van der Waals surface area contributed by atoms with E-state index < -0.39 is 17.4 Å². The van der Waals surface area contributed by atoms with Crippen LogP contribution in [0.5, 0.6) is 5.75 Å². The van der Waals surface area contributed by atoms with Gasteiger partial charge in [-0.3, -0.25) is 0 Å². The third-order valence-corrected chi connectivity index (χ3v) is 2.27. The first-order valence-electron chi connectivity index (χ1n) is 4.99. The summed E-state index contributed by atoms with van der Waals surface area (Å²) in [7, 11) is 0. The van der Waals surface area contributed by atoms with Crippen molar-refractivity contribution in [2.45, 2.75) is 6.54 Å². The molecule has 0 fully saturated rings. The minimum atomic E-state index is -0.968. The van der Waals surface area contributed by atoms with Gasteiger partial charge in [0.05, 0.1) is 0 Å². The molecule has 0 aliphatic carbocycles. The van der Waals surface area contributed by atoms with Gasteiger partial charge >= 0.3 is 0 Å². The van der Waals surface area contributed by atoms with Crippen LogP contribution in [0.4, 0.5) is 14.6 Å². The molecule has 88 valence electrons. The molecule has 0 radical (unpaired) electrons. The van der Waals surface area contributed by atoms with Crippen LogP contribution in [0, 0.1) is 11.6 Å². The fourth-order valence-corrected chi connectivity index (χ4v) is 1.37. The number of anilines is 1. The van der Waals surface area contributed by atoms with Gasteiger partial charge < -0.3 is 10.4 Å². The first-order chi connectivity index (χ1) is 8.18. The lowest BCUT2D eigenvalue weighted by atomic mass is 10.2. The lowest BCUT2D eigenvalue weighted by Crippen LogP contribution is -2.03. The minimum absolute atomic E-state index is 0.122. The molecule has 2 N–H and O–H groups in total. The van der Waals surface area contributed by atoms with E-state index in [0.717, 1.165) is 6.07 Å². The van der Waals surface area contributed by atoms with Gasteiger partial charge in [0.2, 0.25) is 0 Å². The number of pyridine rings is 1. The number of halogens is 2. The molecule has 17 heavy (non-hydrogen) atoms. The van der Waals surface area contributed by atoms with Crippen molar-refractivity contribution in [3.05, 3.63) is 53.7 Å². The van der Waals surface area contributed by atoms with Gasteiger partial charge in [-0.2, -0.15) is 0 Å². The minimum Gasteiger partial charge on any atom is -0.503 e. The average Bonchev–Trinajstić information content (AvgIpc) is 2.36. The van der Waals surface area contributed by atoms with Crippen molar-refractivity contribution in [2.24, 2.45) is 0 Å². The molecule has 0 amide bonds. The molecule has 1 aromatic carbocycles. The molecule has 0 unspecified atom stereocenters. The predicted octanol–water partition coefficient (Wildman–Crippen LogP) is 2.68. The number of nitrogens with zero attached hydrogens (tertiary/aromatic N) is 1.